The van der Waals surface area contributed by atoms with Crippen molar-refractivity contribution in [2.24, 2.45) is 11.7 Å². The smallest absolute Gasteiger partial charge is 0.292 e. The first-order valence-corrected chi connectivity index (χ1v) is 5.42. The fourth-order valence-electron chi connectivity index (χ4n) is 1.36. The zero-order valence-corrected chi connectivity index (χ0v) is 9.69. The van der Waals surface area contributed by atoms with E-state index in [-0.39, 0.29) is 11.7 Å². The standard InChI is InChI=1S/C10H18N4O2/c1-7(5-6-11)3-4-8-13-9(14-16-8)10(15)12-2/h7H,3-6,11H2,1-2H3,(H,12,15). The summed E-state index contributed by atoms with van der Waals surface area (Å²) in [5.41, 5.74) is 5.46. The lowest BCUT2D eigenvalue weighted by Gasteiger charge is -2.06. The number of nitrogens with two attached hydrogens (primary N) is 1. The van der Waals surface area contributed by atoms with Gasteiger partial charge >= 0.3 is 0 Å². The topological polar surface area (TPSA) is 94.0 Å². The molecule has 0 saturated carbocycles. The van der Waals surface area contributed by atoms with Gasteiger partial charge in [-0.1, -0.05) is 12.1 Å². The molecule has 0 aliphatic rings. The van der Waals surface area contributed by atoms with Gasteiger partial charge in [-0.2, -0.15) is 4.98 Å². The molecule has 0 bridgehead atoms. The Kier molecular flexibility index (Phi) is 4.91. The summed E-state index contributed by atoms with van der Waals surface area (Å²) in [6.07, 6.45) is 2.61. The number of rotatable bonds is 6. The van der Waals surface area contributed by atoms with Crippen LogP contribution >= 0.6 is 0 Å². The summed E-state index contributed by atoms with van der Waals surface area (Å²) in [6.45, 7) is 2.82. The Morgan fingerprint density at radius 2 is 2.31 bits per heavy atom. The summed E-state index contributed by atoms with van der Waals surface area (Å²) >= 11 is 0. The number of nitrogens with zero attached hydrogens (tertiary/aromatic N) is 2. The maximum absolute atomic E-state index is 11.2. The largest absolute Gasteiger partial charge is 0.352 e. The molecule has 0 fully saturated rings. The van der Waals surface area contributed by atoms with Crippen molar-refractivity contribution in [2.45, 2.75) is 26.2 Å². The molecule has 1 rings (SSSR count). The Morgan fingerprint density at radius 3 is 2.94 bits per heavy atom. The van der Waals surface area contributed by atoms with Crippen LogP contribution < -0.4 is 11.1 Å². The second-order valence-corrected chi connectivity index (χ2v) is 3.81. The molecule has 1 unspecified atom stereocenters. The summed E-state index contributed by atoms with van der Waals surface area (Å²) in [7, 11) is 1.53. The van der Waals surface area contributed by atoms with Gasteiger partial charge < -0.3 is 15.6 Å². The maximum Gasteiger partial charge on any atom is 0.292 e. The third-order valence-corrected chi connectivity index (χ3v) is 2.41. The van der Waals surface area contributed by atoms with Crippen molar-refractivity contribution < 1.29 is 9.32 Å². The highest BCUT2D eigenvalue weighted by atomic mass is 16.5. The number of aromatic nitrogens is 2. The molecule has 0 radical (unpaired) electrons. The molecule has 1 atom stereocenters. The molecular formula is C10H18N4O2. The molecular weight excluding hydrogens is 208 g/mol. The summed E-state index contributed by atoms with van der Waals surface area (Å²) in [6, 6.07) is 0. The van der Waals surface area contributed by atoms with Gasteiger partial charge in [0, 0.05) is 13.5 Å². The summed E-state index contributed by atoms with van der Waals surface area (Å²) in [5, 5.41) is 6.03. The SMILES string of the molecule is CNC(=O)c1noc(CCC(C)CCN)n1. The van der Waals surface area contributed by atoms with Gasteiger partial charge in [0.1, 0.15) is 0 Å². The first kappa shape index (κ1) is 12.6. The van der Waals surface area contributed by atoms with E-state index in [1.807, 2.05) is 0 Å². The normalized spacial score (nSPS) is 12.4. The maximum atomic E-state index is 11.2. The number of aryl methyl sites for hydroxylation is 1. The minimum Gasteiger partial charge on any atom is -0.352 e. The van der Waals surface area contributed by atoms with Crippen LogP contribution in [0.5, 0.6) is 0 Å². The van der Waals surface area contributed by atoms with E-state index in [4.69, 9.17) is 10.3 Å². The van der Waals surface area contributed by atoms with Crippen LogP contribution in [0.2, 0.25) is 0 Å². The number of nitrogens with one attached hydrogen (secondary N) is 1. The van der Waals surface area contributed by atoms with Gasteiger partial charge in [-0.05, 0) is 25.3 Å². The number of carbonyl (C=O) groups is 1. The van der Waals surface area contributed by atoms with Crippen molar-refractivity contribution in [3.8, 4) is 0 Å². The first-order chi connectivity index (χ1) is 7.67. The van der Waals surface area contributed by atoms with Crippen molar-refractivity contribution in [1.29, 1.82) is 0 Å². The molecule has 0 saturated heterocycles. The predicted octanol–water partition coefficient (Wildman–Crippen LogP) is 0.347. The van der Waals surface area contributed by atoms with Gasteiger partial charge in [-0.25, -0.2) is 0 Å². The van der Waals surface area contributed by atoms with E-state index in [9.17, 15) is 4.79 Å². The van der Waals surface area contributed by atoms with Crippen LogP contribution in [0.3, 0.4) is 0 Å². The number of hydrogen-bond donors (Lipinski definition) is 2. The average Bonchev–Trinajstić information content (AvgIpc) is 2.74. The molecule has 0 aliphatic heterocycles. The van der Waals surface area contributed by atoms with E-state index in [1.54, 1.807) is 0 Å². The van der Waals surface area contributed by atoms with Crippen molar-refractivity contribution in [2.75, 3.05) is 13.6 Å². The Labute approximate surface area is 94.6 Å². The van der Waals surface area contributed by atoms with Crippen LogP contribution in [0.25, 0.3) is 0 Å². The lowest BCUT2D eigenvalue weighted by atomic mass is 10.0. The highest BCUT2D eigenvalue weighted by molar-refractivity contribution is 5.89. The zero-order chi connectivity index (χ0) is 12.0. The molecule has 6 nitrogen and oxygen atoms in total. The Balaban J connectivity index is 2.43. The monoisotopic (exact) mass is 226 g/mol. The second kappa shape index (κ2) is 6.22. The Hall–Kier alpha value is -1.43. The van der Waals surface area contributed by atoms with E-state index < -0.39 is 0 Å². The van der Waals surface area contributed by atoms with Crippen molar-refractivity contribution in [1.82, 2.24) is 15.5 Å². The van der Waals surface area contributed by atoms with E-state index in [1.165, 1.54) is 7.05 Å². The van der Waals surface area contributed by atoms with Gasteiger partial charge in [0.2, 0.25) is 5.89 Å². The van der Waals surface area contributed by atoms with Crippen LogP contribution in [0.1, 0.15) is 36.3 Å². The minimum atomic E-state index is -0.329. The highest BCUT2D eigenvalue weighted by Gasteiger charge is 2.13. The van der Waals surface area contributed by atoms with Gasteiger partial charge in [0.05, 0.1) is 0 Å². The van der Waals surface area contributed by atoms with E-state index in [0.717, 1.165) is 12.8 Å². The molecule has 3 N–H and O–H groups in total. The molecule has 16 heavy (non-hydrogen) atoms. The van der Waals surface area contributed by atoms with Crippen molar-refractivity contribution >= 4 is 5.91 Å². The molecule has 0 aromatic carbocycles. The van der Waals surface area contributed by atoms with Crippen LogP contribution in [0.4, 0.5) is 0 Å². The molecule has 1 aromatic rings. The molecule has 1 amide bonds. The van der Waals surface area contributed by atoms with Gasteiger partial charge in [-0.3, -0.25) is 4.79 Å². The first-order valence-electron chi connectivity index (χ1n) is 5.42. The second-order valence-electron chi connectivity index (χ2n) is 3.81. The van der Waals surface area contributed by atoms with Crippen molar-refractivity contribution in [3.63, 3.8) is 0 Å². The predicted molar refractivity (Wildman–Crippen MR) is 58.8 cm³/mol. The Bertz CT molecular complexity index is 337. The molecule has 1 heterocycles. The minimum absolute atomic E-state index is 0.0870. The fraction of sp³-hybridized carbons (Fsp3) is 0.700. The van der Waals surface area contributed by atoms with Crippen molar-refractivity contribution in [3.05, 3.63) is 11.7 Å². The molecule has 0 spiro atoms. The third kappa shape index (κ3) is 3.62. The molecule has 1 aromatic heterocycles. The van der Waals surface area contributed by atoms with Crippen LogP contribution in [-0.4, -0.2) is 29.6 Å². The Morgan fingerprint density at radius 1 is 1.56 bits per heavy atom. The summed E-state index contributed by atoms with van der Waals surface area (Å²) in [5.74, 6) is 0.789. The van der Waals surface area contributed by atoms with Crippen LogP contribution in [0.15, 0.2) is 4.52 Å². The van der Waals surface area contributed by atoms with E-state index in [0.29, 0.717) is 24.8 Å². The van der Waals surface area contributed by atoms with Gasteiger partial charge in [-0.15, -0.1) is 0 Å². The summed E-state index contributed by atoms with van der Waals surface area (Å²) < 4.78 is 4.96. The number of amides is 1. The zero-order valence-electron chi connectivity index (χ0n) is 9.69. The van der Waals surface area contributed by atoms with Gasteiger partial charge in [0.25, 0.3) is 11.7 Å². The van der Waals surface area contributed by atoms with Crippen LogP contribution in [0, 0.1) is 5.92 Å². The van der Waals surface area contributed by atoms with Crippen LogP contribution in [-0.2, 0) is 6.42 Å². The fourth-order valence-corrected chi connectivity index (χ4v) is 1.36. The lowest BCUT2D eigenvalue weighted by Crippen LogP contribution is -2.19. The molecule has 0 aliphatic carbocycles. The van der Waals surface area contributed by atoms with E-state index >= 15 is 0 Å². The number of carbonyl (C=O) groups excluding carboxylic acids is 1. The molecule has 6 heteroatoms. The highest BCUT2D eigenvalue weighted by Crippen LogP contribution is 2.10. The van der Waals surface area contributed by atoms with E-state index in [2.05, 4.69) is 22.4 Å². The van der Waals surface area contributed by atoms with Gasteiger partial charge in [0.15, 0.2) is 0 Å². The lowest BCUT2D eigenvalue weighted by molar-refractivity contribution is 0.0950. The number of hydrogen-bond acceptors (Lipinski definition) is 5. The average molecular weight is 226 g/mol. The quantitative estimate of drug-likeness (QED) is 0.729. The molecule has 90 valence electrons. The summed E-state index contributed by atoms with van der Waals surface area (Å²) in [4.78, 5) is 15.1. The third-order valence-electron chi connectivity index (χ3n) is 2.41.